The maximum absolute atomic E-state index is 12.8. The van der Waals surface area contributed by atoms with Gasteiger partial charge in [0.15, 0.2) is 0 Å². The Bertz CT molecular complexity index is 1250. The van der Waals surface area contributed by atoms with Crippen LogP contribution in [0.4, 0.5) is 28.6 Å². The van der Waals surface area contributed by atoms with Crippen molar-refractivity contribution in [2.75, 3.05) is 63.2 Å². The van der Waals surface area contributed by atoms with Gasteiger partial charge in [0.25, 0.3) is 0 Å². The van der Waals surface area contributed by atoms with E-state index in [1.807, 2.05) is 36.4 Å². The van der Waals surface area contributed by atoms with Crippen molar-refractivity contribution in [1.82, 2.24) is 9.88 Å². The lowest BCUT2D eigenvalue weighted by atomic mass is 10.0. The monoisotopic (exact) mass is 527 g/mol. The Labute approximate surface area is 219 Å². The van der Waals surface area contributed by atoms with Crippen LogP contribution in [0, 0.1) is 0 Å². The first kappa shape index (κ1) is 26.3. The summed E-state index contributed by atoms with van der Waals surface area (Å²) in [6.45, 7) is 5.57. The summed E-state index contributed by atoms with van der Waals surface area (Å²) < 4.78 is 18.5. The number of ether oxygens (including phenoxy) is 1. The lowest BCUT2D eigenvalue weighted by Gasteiger charge is -2.36. The van der Waals surface area contributed by atoms with Gasteiger partial charge < -0.3 is 29.7 Å². The predicted molar refractivity (Wildman–Crippen MR) is 153 cm³/mol. The van der Waals surface area contributed by atoms with Gasteiger partial charge in [-0.05, 0) is 64.5 Å². The van der Waals surface area contributed by atoms with E-state index in [-0.39, 0.29) is 0 Å². The lowest BCUT2D eigenvalue weighted by molar-refractivity contribution is 0.249. The third-order valence-electron chi connectivity index (χ3n) is 6.62. The highest BCUT2D eigenvalue weighted by Crippen LogP contribution is 2.39. The van der Waals surface area contributed by atoms with E-state index < -0.39 is 7.14 Å². The van der Waals surface area contributed by atoms with Crippen LogP contribution in [0.1, 0.15) is 12.8 Å². The minimum absolute atomic E-state index is 0.473. The molecule has 1 fully saturated rings. The molecule has 0 saturated carbocycles. The van der Waals surface area contributed by atoms with Gasteiger partial charge >= 0.3 is 0 Å². The molecule has 0 unspecified atom stereocenters. The molecule has 4 rings (SSSR count). The van der Waals surface area contributed by atoms with Gasteiger partial charge in [-0.1, -0.05) is 23.7 Å². The normalized spacial score (nSPS) is 14.7. The van der Waals surface area contributed by atoms with Gasteiger partial charge in [-0.25, -0.2) is 4.98 Å². The largest absolute Gasteiger partial charge is 0.494 e. The molecular formula is C27H35ClN5O2P. The van der Waals surface area contributed by atoms with E-state index in [4.69, 9.17) is 16.3 Å². The van der Waals surface area contributed by atoms with Gasteiger partial charge in [0.05, 0.1) is 29.7 Å². The van der Waals surface area contributed by atoms with Crippen molar-refractivity contribution in [2.45, 2.75) is 18.9 Å². The molecule has 0 spiro atoms. The van der Waals surface area contributed by atoms with Gasteiger partial charge in [-0.3, -0.25) is 0 Å². The quantitative estimate of drug-likeness (QED) is 0.348. The van der Waals surface area contributed by atoms with Crippen molar-refractivity contribution >= 4 is 52.6 Å². The summed E-state index contributed by atoms with van der Waals surface area (Å²) in [5, 5.41) is 7.95. The number of nitrogens with zero attached hydrogens (tertiary/aromatic N) is 3. The van der Waals surface area contributed by atoms with Gasteiger partial charge in [0, 0.05) is 47.9 Å². The number of hydrogen-bond donors (Lipinski definition) is 2. The Hall–Kier alpha value is -2.73. The molecule has 2 N–H and O–H groups in total. The van der Waals surface area contributed by atoms with Crippen LogP contribution in [0.25, 0.3) is 0 Å². The van der Waals surface area contributed by atoms with E-state index in [2.05, 4.69) is 51.6 Å². The van der Waals surface area contributed by atoms with Crippen molar-refractivity contribution in [2.24, 2.45) is 0 Å². The molecule has 3 aromatic rings. The predicted octanol–water partition coefficient (Wildman–Crippen LogP) is 6.01. The van der Waals surface area contributed by atoms with E-state index in [0.717, 1.165) is 54.0 Å². The topological polar surface area (TPSA) is 69.7 Å². The van der Waals surface area contributed by atoms with Crippen LogP contribution in [0.5, 0.6) is 5.75 Å². The Balaban J connectivity index is 1.53. The minimum atomic E-state index is -2.47. The highest BCUT2D eigenvalue weighted by Gasteiger charge is 2.22. The van der Waals surface area contributed by atoms with Crippen molar-refractivity contribution in [3.05, 3.63) is 59.8 Å². The standard InChI is InChI=1S/C27H35ClN5O2P/c1-32(2)19-12-14-33(15-13-19)20-10-11-22(25(16-20)35-3)31-27-17-24(21(28)18-29-27)30-23-8-6-7-9-26(23)36(4,5)34/h6-11,16-19H,12-15H2,1-5H3,(H2,29,30,31). The van der Waals surface area contributed by atoms with Crippen molar-refractivity contribution in [3.63, 3.8) is 0 Å². The number of rotatable bonds is 8. The zero-order chi connectivity index (χ0) is 25.9. The Kier molecular flexibility index (Phi) is 8.13. The minimum Gasteiger partial charge on any atom is -0.494 e. The number of halogens is 1. The summed E-state index contributed by atoms with van der Waals surface area (Å²) in [5.74, 6) is 1.37. The number of aromatic nitrogens is 1. The van der Waals surface area contributed by atoms with Crippen LogP contribution in [0.2, 0.25) is 5.02 Å². The summed E-state index contributed by atoms with van der Waals surface area (Å²) >= 11 is 6.46. The number of methoxy groups -OCH3 is 1. The first-order valence-corrected chi connectivity index (χ1v) is 15.1. The van der Waals surface area contributed by atoms with Gasteiger partial charge in [-0.2, -0.15) is 0 Å². The molecule has 0 amide bonds. The van der Waals surface area contributed by atoms with Crippen molar-refractivity contribution in [3.8, 4) is 5.75 Å². The maximum Gasteiger partial charge on any atom is 0.144 e. The van der Waals surface area contributed by atoms with E-state index >= 15 is 0 Å². The lowest BCUT2D eigenvalue weighted by Crippen LogP contribution is -2.41. The van der Waals surface area contributed by atoms with Gasteiger partial charge in [-0.15, -0.1) is 0 Å². The number of pyridine rings is 1. The zero-order valence-corrected chi connectivity index (χ0v) is 23.2. The molecule has 1 aromatic heterocycles. The van der Waals surface area contributed by atoms with E-state index in [0.29, 0.717) is 22.6 Å². The highest BCUT2D eigenvalue weighted by molar-refractivity contribution is 7.70. The fourth-order valence-electron chi connectivity index (χ4n) is 4.56. The Morgan fingerprint density at radius 1 is 1.03 bits per heavy atom. The molecule has 0 aliphatic carbocycles. The second kappa shape index (κ2) is 11.1. The van der Waals surface area contributed by atoms with Crippen LogP contribution in [0.3, 0.4) is 0 Å². The van der Waals surface area contributed by atoms with E-state index in [9.17, 15) is 4.57 Å². The highest BCUT2D eigenvalue weighted by atomic mass is 35.5. The SMILES string of the molecule is COc1cc(N2CCC(N(C)C)CC2)ccc1Nc1cc(Nc2ccccc2P(C)(C)=O)c(Cl)cn1. The third kappa shape index (κ3) is 6.15. The third-order valence-corrected chi connectivity index (χ3v) is 8.47. The molecule has 2 aromatic carbocycles. The molecule has 192 valence electrons. The molecule has 2 heterocycles. The number of benzene rings is 2. The number of hydrogen-bond acceptors (Lipinski definition) is 7. The zero-order valence-electron chi connectivity index (χ0n) is 21.6. The average molecular weight is 528 g/mol. The first-order valence-electron chi connectivity index (χ1n) is 12.1. The van der Waals surface area contributed by atoms with Crippen molar-refractivity contribution in [1.29, 1.82) is 0 Å². The molecule has 0 bridgehead atoms. The molecule has 1 saturated heterocycles. The second-order valence-corrected chi connectivity index (χ2v) is 13.3. The molecule has 9 heteroatoms. The maximum atomic E-state index is 12.8. The summed E-state index contributed by atoms with van der Waals surface area (Å²) in [7, 11) is 3.51. The van der Waals surface area contributed by atoms with Gasteiger partial charge in [0.2, 0.25) is 0 Å². The molecular weight excluding hydrogens is 493 g/mol. The molecule has 1 aliphatic rings. The summed E-state index contributed by atoms with van der Waals surface area (Å²) in [6, 6.07) is 16.3. The van der Waals surface area contributed by atoms with Crippen LogP contribution in [-0.4, -0.2) is 63.6 Å². The van der Waals surface area contributed by atoms with Gasteiger partial charge in [0.1, 0.15) is 18.7 Å². The Morgan fingerprint density at radius 2 is 1.75 bits per heavy atom. The molecule has 0 atom stereocenters. The molecule has 36 heavy (non-hydrogen) atoms. The fourth-order valence-corrected chi connectivity index (χ4v) is 5.86. The molecule has 0 radical (unpaired) electrons. The Morgan fingerprint density at radius 3 is 2.42 bits per heavy atom. The smallest absolute Gasteiger partial charge is 0.144 e. The number of piperidine rings is 1. The van der Waals surface area contributed by atoms with Crippen molar-refractivity contribution < 1.29 is 9.30 Å². The fraction of sp³-hybridized carbons (Fsp3) is 0.370. The second-order valence-electron chi connectivity index (χ2n) is 9.73. The van der Waals surface area contributed by atoms with E-state index in [1.54, 1.807) is 26.6 Å². The van der Waals surface area contributed by atoms with Crippen LogP contribution >= 0.6 is 18.7 Å². The molecule has 1 aliphatic heterocycles. The summed E-state index contributed by atoms with van der Waals surface area (Å²) in [5.41, 5.74) is 3.41. The number of para-hydroxylation sites is 1. The number of anilines is 5. The summed E-state index contributed by atoms with van der Waals surface area (Å²) in [4.78, 5) is 9.17. The average Bonchev–Trinajstić information content (AvgIpc) is 2.86. The van der Waals surface area contributed by atoms with Crippen LogP contribution in [-0.2, 0) is 4.57 Å². The number of nitrogens with one attached hydrogen (secondary N) is 2. The van der Waals surface area contributed by atoms with E-state index in [1.165, 1.54) is 0 Å². The van der Waals surface area contributed by atoms with Crippen LogP contribution in [0.15, 0.2) is 54.7 Å². The first-order chi connectivity index (χ1) is 17.2. The van der Waals surface area contributed by atoms with Crippen LogP contribution < -0.4 is 25.6 Å². The molecule has 7 nitrogen and oxygen atoms in total. The summed E-state index contributed by atoms with van der Waals surface area (Å²) in [6.07, 6.45) is 3.89.